The Balaban J connectivity index is 0.000000251. The first kappa shape index (κ1) is 59.2. The Morgan fingerprint density at radius 1 is 0.634 bits per heavy atom. The van der Waals surface area contributed by atoms with E-state index in [1.807, 2.05) is 99.0 Å². The van der Waals surface area contributed by atoms with Gasteiger partial charge in [-0.05, 0) is 116 Å². The van der Waals surface area contributed by atoms with E-state index in [9.17, 15) is 15.0 Å². The number of likely N-dealkylation sites (N-methyl/N-ethyl adjacent to an activating group) is 2. The number of likely N-dealkylation sites (tertiary alicyclic amines) is 1. The highest BCUT2D eigenvalue weighted by atomic mass is 79.9. The summed E-state index contributed by atoms with van der Waals surface area (Å²) in [6.07, 6.45) is 4.71. The standard InChI is InChI=1S/C29H33ClN2O2.C18H21NO.C11H14ClNO.2CH4.BrH/c1-31(2)27(33)29(24-9-5-3-6-10-24,25-11-7-4-8-12-25)19-22-32-20-17-28(34,18-21-32)23-13-15-26(30)16-14-23;1-19(2)17-18(13-14-20-17,15-9-5-3-6-10-15)16-11-7-4-8-12-16;12-10-3-1-9(2-4-10)11(14)5-7-13-8-6-11;;;/h3-16,34H,17-22H2,1-2H3;3-12,17H,13-14H2,1-2H3;1-4,13-14H,5-8H2;2*1H4;1H. The Kier molecular flexibility index (Phi) is 22.6. The third kappa shape index (κ3) is 13.8. The number of piperidine rings is 2. The number of nitrogens with zero attached hydrogens (tertiary/aromatic N) is 2. The first-order valence-electron chi connectivity index (χ1n) is 24.1. The van der Waals surface area contributed by atoms with Crippen LogP contribution in [0.15, 0.2) is 170 Å². The Labute approximate surface area is 445 Å². The van der Waals surface area contributed by atoms with Gasteiger partial charge in [0.05, 0.1) is 31.9 Å². The van der Waals surface area contributed by atoms with Crippen LogP contribution in [-0.2, 0) is 31.6 Å². The van der Waals surface area contributed by atoms with E-state index >= 15 is 0 Å². The molecule has 6 aromatic carbocycles. The van der Waals surface area contributed by atoms with Crippen molar-refractivity contribution in [3.63, 3.8) is 0 Å². The van der Waals surface area contributed by atoms with Crippen molar-refractivity contribution in [1.82, 2.24) is 15.1 Å². The summed E-state index contributed by atoms with van der Waals surface area (Å²) < 4.78 is 6.10. The van der Waals surface area contributed by atoms with Crippen LogP contribution in [0.4, 0.5) is 0 Å². The van der Waals surface area contributed by atoms with Gasteiger partial charge in [0, 0.05) is 37.2 Å². The topological polar surface area (TPSA) is 89.7 Å². The molecular formula is C60H77BrCl2N4O4. The van der Waals surface area contributed by atoms with Gasteiger partial charge in [-0.15, -0.1) is 0 Å². The van der Waals surface area contributed by atoms with Gasteiger partial charge in [0.15, 0.2) is 0 Å². The van der Waals surface area contributed by atoms with E-state index in [1.54, 1.807) is 4.90 Å². The number of amides is 1. The highest BCUT2D eigenvalue weighted by Crippen LogP contribution is 2.43. The molecule has 3 aliphatic rings. The molecule has 71 heavy (non-hydrogen) atoms. The van der Waals surface area contributed by atoms with Gasteiger partial charge in [-0.1, -0.05) is 184 Å². The van der Waals surface area contributed by atoms with Crippen LogP contribution < -0.4 is 27.2 Å². The number of halogens is 3. The molecule has 382 valence electrons. The van der Waals surface area contributed by atoms with Crippen molar-refractivity contribution in [2.75, 3.05) is 67.5 Å². The fourth-order valence-corrected chi connectivity index (χ4v) is 10.8. The highest BCUT2D eigenvalue weighted by Gasteiger charge is 2.51. The summed E-state index contributed by atoms with van der Waals surface area (Å²) in [4.78, 5) is 19.2. The van der Waals surface area contributed by atoms with Crippen LogP contribution in [0.2, 0.25) is 10.0 Å². The van der Waals surface area contributed by atoms with Crippen molar-refractivity contribution in [2.24, 2.45) is 0 Å². The van der Waals surface area contributed by atoms with Gasteiger partial charge in [0.1, 0.15) is 10.8 Å². The molecule has 3 heterocycles. The molecule has 1 unspecified atom stereocenters. The van der Waals surface area contributed by atoms with Crippen molar-refractivity contribution in [3.8, 4) is 0 Å². The Bertz CT molecular complexity index is 2370. The molecule has 0 aliphatic carbocycles. The first-order chi connectivity index (χ1) is 32.8. The zero-order chi connectivity index (χ0) is 48.2. The molecule has 8 nitrogen and oxygen atoms in total. The first-order valence-corrected chi connectivity index (χ1v) is 24.8. The molecule has 9 rings (SSSR count). The number of benzene rings is 6. The van der Waals surface area contributed by atoms with Crippen LogP contribution in [0, 0.1) is 0 Å². The lowest BCUT2D eigenvalue weighted by Crippen LogP contribution is -3.12. The average Bonchev–Trinajstić information content (AvgIpc) is 3.84. The zero-order valence-electron chi connectivity index (χ0n) is 40.5. The van der Waals surface area contributed by atoms with Crippen molar-refractivity contribution in [1.29, 1.82) is 0 Å². The second kappa shape index (κ2) is 27.1. The highest BCUT2D eigenvalue weighted by molar-refractivity contribution is 6.30. The molecule has 11 heteroatoms. The van der Waals surface area contributed by atoms with Crippen molar-refractivity contribution < 1.29 is 41.6 Å². The summed E-state index contributed by atoms with van der Waals surface area (Å²) in [5, 5.41) is 26.2. The zero-order valence-corrected chi connectivity index (χ0v) is 43.6. The van der Waals surface area contributed by atoms with Crippen molar-refractivity contribution in [3.05, 3.63) is 213 Å². The lowest BCUT2D eigenvalue weighted by atomic mass is 9.70. The molecule has 1 amide bonds. The van der Waals surface area contributed by atoms with Crippen LogP contribution >= 0.6 is 23.2 Å². The number of carbonyl (C=O) groups excluding carboxylic acids is 1. The normalized spacial score (nSPS) is 17.8. The average molecular weight is 1070 g/mol. The third-order valence-corrected chi connectivity index (χ3v) is 14.8. The van der Waals surface area contributed by atoms with E-state index < -0.39 is 16.6 Å². The lowest BCUT2D eigenvalue weighted by Gasteiger charge is -2.41. The molecular weight excluding hydrogens is 991 g/mol. The van der Waals surface area contributed by atoms with E-state index in [4.69, 9.17) is 27.9 Å². The largest absolute Gasteiger partial charge is 1.00 e. The van der Waals surface area contributed by atoms with E-state index in [-0.39, 0.29) is 49.4 Å². The molecule has 0 saturated carbocycles. The molecule has 3 fully saturated rings. The van der Waals surface area contributed by atoms with E-state index in [1.165, 1.54) is 16.0 Å². The number of carbonyl (C=O) groups is 1. The van der Waals surface area contributed by atoms with Crippen LogP contribution in [0.1, 0.15) is 86.8 Å². The number of hydrogen-bond donors (Lipinski definition) is 4. The van der Waals surface area contributed by atoms with E-state index in [0.717, 1.165) is 80.8 Å². The van der Waals surface area contributed by atoms with Crippen LogP contribution in [-0.4, -0.2) is 99.7 Å². The number of rotatable bonds is 11. The second-order valence-corrected chi connectivity index (χ2v) is 19.9. The molecule has 0 radical (unpaired) electrons. The minimum atomic E-state index is -0.837. The minimum Gasteiger partial charge on any atom is -1.00 e. The number of hydrogen-bond acceptors (Lipinski definition) is 6. The van der Waals surface area contributed by atoms with E-state index in [0.29, 0.717) is 29.3 Å². The quantitative estimate of drug-likeness (QED) is 0.111. The second-order valence-electron chi connectivity index (χ2n) is 19.0. The van der Waals surface area contributed by atoms with Crippen LogP contribution in [0.3, 0.4) is 0 Å². The number of nitrogens with one attached hydrogen (secondary N) is 2. The monoisotopic (exact) mass is 1070 g/mol. The van der Waals surface area contributed by atoms with Crippen molar-refractivity contribution >= 4 is 29.1 Å². The predicted molar refractivity (Wildman–Crippen MR) is 290 cm³/mol. The summed E-state index contributed by atoms with van der Waals surface area (Å²) in [5.74, 6) is 0.0829. The van der Waals surface area contributed by atoms with Crippen molar-refractivity contribution in [2.45, 2.75) is 81.6 Å². The van der Waals surface area contributed by atoms with Gasteiger partial charge in [-0.25, -0.2) is 0 Å². The van der Waals surface area contributed by atoms with Crippen LogP contribution in [0.5, 0.6) is 0 Å². The number of quaternary nitrogens is 1. The summed E-state index contributed by atoms with van der Waals surface area (Å²) >= 11 is 11.8. The molecule has 3 aliphatic heterocycles. The number of aliphatic hydroxyl groups is 2. The molecule has 0 bridgehead atoms. The Morgan fingerprint density at radius 2 is 1.03 bits per heavy atom. The van der Waals surface area contributed by atoms with Gasteiger partial charge in [0.25, 0.3) is 0 Å². The van der Waals surface area contributed by atoms with Crippen LogP contribution in [0.25, 0.3) is 0 Å². The van der Waals surface area contributed by atoms with Gasteiger partial charge in [-0.2, -0.15) is 0 Å². The molecule has 0 spiro atoms. The third-order valence-electron chi connectivity index (χ3n) is 14.3. The summed E-state index contributed by atoms with van der Waals surface area (Å²) in [6, 6.07) is 56.8. The predicted octanol–water partition coefficient (Wildman–Crippen LogP) is 7.14. The maximum atomic E-state index is 13.8. The maximum Gasteiger partial charge on any atom is 0.237 e. The maximum absolute atomic E-state index is 13.8. The molecule has 1 atom stereocenters. The smallest absolute Gasteiger partial charge is 0.237 e. The summed E-state index contributed by atoms with van der Waals surface area (Å²) in [6.45, 7) is 4.88. The summed E-state index contributed by atoms with van der Waals surface area (Å²) in [7, 11) is 8.01. The van der Waals surface area contributed by atoms with E-state index in [2.05, 4.69) is 109 Å². The Morgan fingerprint density at radius 3 is 1.42 bits per heavy atom. The summed E-state index contributed by atoms with van der Waals surface area (Å²) in [5.41, 5.74) is 4.32. The van der Waals surface area contributed by atoms with Gasteiger partial charge in [0.2, 0.25) is 12.1 Å². The van der Waals surface area contributed by atoms with Gasteiger partial charge >= 0.3 is 0 Å². The Hall–Kier alpha value is -4.39. The number of ether oxygens (including phenoxy) is 1. The minimum absolute atomic E-state index is 0. The fourth-order valence-electron chi connectivity index (χ4n) is 10.5. The van der Waals surface area contributed by atoms with Gasteiger partial charge < -0.3 is 51.9 Å². The molecule has 0 aromatic heterocycles. The molecule has 4 N–H and O–H groups in total. The fraction of sp³-hybridized carbons (Fsp3) is 0.383. The molecule has 6 aromatic rings. The SMILES string of the molecule is C.C.CN(C)C(=O)C(CCN1CCC(O)(c2ccc(Cl)cc2)CC1)(c1ccccc1)c1ccccc1.C[NH+](C)C1OCCC1(c1ccccc1)c1ccccc1.OC1(c2ccc(Cl)cc2)CCNCC1.[Br-]. The van der Waals surface area contributed by atoms with Gasteiger partial charge in [-0.3, -0.25) is 4.79 Å². The lowest BCUT2D eigenvalue weighted by molar-refractivity contribution is -0.913. The molecule has 3 saturated heterocycles.